The number of benzene rings is 2. The summed E-state index contributed by atoms with van der Waals surface area (Å²) in [7, 11) is 1.48. The fourth-order valence-electron chi connectivity index (χ4n) is 4.37. The third-order valence-corrected chi connectivity index (χ3v) is 6.48. The molecule has 5 rings (SSSR count). The highest BCUT2D eigenvalue weighted by Gasteiger charge is 2.58. The second kappa shape index (κ2) is 7.77. The number of carbonyl (C=O) groups is 1. The van der Waals surface area contributed by atoms with Gasteiger partial charge in [0.05, 0.1) is 17.5 Å². The van der Waals surface area contributed by atoms with E-state index in [1.807, 2.05) is 0 Å². The Bertz CT molecular complexity index is 1280. The van der Waals surface area contributed by atoms with Crippen LogP contribution in [0.1, 0.15) is 24.3 Å². The summed E-state index contributed by atoms with van der Waals surface area (Å²) >= 11 is 3.38. The minimum atomic E-state index is -4.58. The summed E-state index contributed by atoms with van der Waals surface area (Å²) in [6.07, 6.45) is -5.52. The minimum Gasteiger partial charge on any atom is -0.494 e. The highest BCUT2D eigenvalue weighted by atomic mass is 79.9. The van der Waals surface area contributed by atoms with Crippen molar-refractivity contribution in [3.05, 3.63) is 64.1 Å². The minimum absolute atomic E-state index is 0.0165. The highest BCUT2D eigenvalue weighted by Crippen LogP contribution is 2.43. The van der Waals surface area contributed by atoms with Crippen molar-refractivity contribution in [2.75, 3.05) is 7.11 Å². The SMILES string of the molecule is COc1ccc(Br)c2oc(C3=C(C)NC4C(c5ccccc5)C(C(F)(F)F)NN4C3=O)nc12. The Labute approximate surface area is 194 Å². The van der Waals surface area contributed by atoms with Gasteiger partial charge in [0.15, 0.2) is 11.1 Å². The number of carbonyl (C=O) groups excluding carboxylic acids is 1. The van der Waals surface area contributed by atoms with Crippen molar-refractivity contribution in [2.24, 2.45) is 0 Å². The normalized spacial score (nSPS) is 23.2. The van der Waals surface area contributed by atoms with Gasteiger partial charge in [-0.15, -0.1) is 0 Å². The molecule has 33 heavy (non-hydrogen) atoms. The van der Waals surface area contributed by atoms with E-state index in [1.54, 1.807) is 49.4 Å². The van der Waals surface area contributed by atoms with Crippen LogP contribution in [-0.4, -0.2) is 41.4 Å². The molecule has 2 N–H and O–H groups in total. The number of hydrogen-bond acceptors (Lipinski definition) is 6. The number of ether oxygens (including phenoxy) is 1. The lowest BCUT2D eigenvalue weighted by Crippen LogP contribution is -2.54. The molecule has 0 spiro atoms. The number of nitrogens with zero attached hydrogens (tertiary/aromatic N) is 2. The number of allylic oxidation sites excluding steroid dienone is 1. The molecule has 0 saturated carbocycles. The number of hydrogen-bond donors (Lipinski definition) is 2. The Kier molecular flexibility index (Phi) is 5.13. The first kappa shape index (κ1) is 21.8. The summed E-state index contributed by atoms with van der Waals surface area (Å²) < 4.78 is 53.6. The Morgan fingerprint density at radius 1 is 1.18 bits per heavy atom. The lowest BCUT2D eigenvalue weighted by Gasteiger charge is -2.34. The highest BCUT2D eigenvalue weighted by molar-refractivity contribution is 9.10. The molecule has 3 heterocycles. The van der Waals surface area contributed by atoms with E-state index in [2.05, 4.69) is 31.7 Å². The van der Waals surface area contributed by atoms with E-state index >= 15 is 0 Å². The number of hydrazine groups is 1. The number of methoxy groups -OCH3 is 1. The van der Waals surface area contributed by atoms with Gasteiger partial charge < -0.3 is 14.5 Å². The van der Waals surface area contributed by atoms with Crippen molar-refractivity contribution in [3.8, 4) is 5.75 Å². The molecule has 1 fully saturated rings. The number of nitrogens with one attached hydrogen (secondary N) is 2. The van der Waals surface area contributed by atoms with Gasteiger partial charge in [0.2, 0.25) is 5.89 Å². The van der Waals surface area contributed by atoms with Crippen LogP contribution in [0, 0.1) is 0 Å². The van der Waals surface area contributed by atoms with Gasteiger partial charge in [0.1, 0.15) is 23.5 Å². The van der Waals surface area contributed by atoms with E-state index in [-0.39, 0.29) is 11.5 Å². The van der Waals surface area contributed by atoms with E-state index in [9.17, 15) is 18.0 Å². The van der Waals surface area contributed by atoms with Gasteiger partial charge in [-0.05, 0) is 40.5 Å². The molecule has 3 aromatic rings. The fraction of sp³-hybridized carbons (Fsp3) is 0.273. The van der Waals surface area contributed by atoms with Crippen LogP contribution in [0.25, 0.3) is 16.7 Å². The van der Waals surface area contributed by atoms with Gasteiger partial charge in [-0.2, -0.15) is 13.2 Å². The van der Waals surface area contributed by atoms with Gasteiger partial charge in [0.25, 0.3) is 5.91 Å². The Balaban J connectivity index is 1.60. The van der Waals surface area contributed by atoms with Crippen LogP contribution in [0.3, 0.4) is 0 Å². The Hall–Kier alpha value is -3.05. The van der Waals surface area contributed by atoms with Crippen molar-refractivity contribution < 1.29 is 27.1 Å². The summed E-state index contributed by atoms with van der Waals surface area (Å²) in [5.41, 5.74) is 4.01. The average Bonchev–Trinajstić information content (AvgIpc) is 3.38. The van der Waals surface area contributed by atoms with E-state index in [1.165, 1.54) is 7.11 Å². The van der Waals surface area contributed by atoms with E-state index in [0.717, 1.165) is 5.01 Å². The zero-order chi connectivity index (χ0) is 23.5. The number of oxazole rings is 1. The smallest absolute Gasteiger partial charge is 0.406 e. The second-order valence-electron chi connectivity index (χ2n) is 7.80. The molecule has 11 heteroatoms. The molecule has 2 aliphatic heterocycles. The molecule has 3 unspecified atom stereocenters. The van der Waals surface area contributed by atoms with Crippen molar-refractivity contribution in [1.82, 2.24) is 20.7 Å². The van der Waals surface area contributed by atoms with Gasteiger partial charge in [-0.3, -0.25) is 4.79 Å². The molecule has 3 atom stereocenters. The fourth-order valence-corrected chi connectivity index (χ4v) is 4.77. The summed E-state index contributed by atoms with van der Waals surface area (Å²) in [6.45, 7) is 1.62. The number of halogens is 4. The largest absolute Gasteiger partial charge is 0.494 e. The Morgan fingerprint density at radius 3 is 2.58 bits per heavy atom. The molecular weight excluding hydrogens is 505 g/mol. The van der Waals surface area contributed by atoms with Gasteiger partial charge in [-0.25, -0.2) is 15.4 Å². The molecule has 0 aliphatic carbocycles. The quantitative estimate of drug-likeness (QED) is 0.533. The summed E-state index contributed by atoms with van der Waals surface area (Å²) in [6, 6.07) is 9.79. The predicted octanol–water partition coefficient (Wildman–Crippen LogP) is 4.32. The topological polar surface area (TPSA) is 79.6 Å². The van der Waals surface area contributed by atoms with Crippen molar-refractivity contribution >= 4 is 38.5 Å². The van der Waals surface area contributed by atoms with Crippen molar-refractivity contribution in [1.29, 1.82) is 0 Å². The number of rotatable bonds is 3. The molecule has 0 bridgehead atoms. The molecule has 1 amide bonds. The predicted molar refractivity (Wildman–Crippen MR) is 117 cm³/mol. The molecule has 7 nitrogen and oxygen atoms in total. The molecule has 2 aliphatic rings. The second-order valence-corrected chi connectivity index (χ2v) is 8.65. The van der Waals surface area contributed by atoms with Gasteiger partial charge in [-0.1, -0.05) is 30.3 Å². The third kappa shape index (κ3) is 3.46. The third-order valence-electron chi connectivity index (χ3n) is 5.86. The zero-order valence-electron chi connectivity index (χ0n) is 17.4. The first-order valence-corrected chi connectivity index (χ1v) is 10.8. The van der Waals surface area contributed by atoms with Crippen LogP contribution in [0.5, 0.6) is 5.75 Å². The molecule has 2 aromatic carbocycles. The lowest BCUT2D eigenvalue weighted by molar-refractivity contribution is -0.161. The zero-order valence-corrected chi connectivity index (χ0v) is 19.0. The summed E-state index contributed by atoms with van der Waals surface area (Å²) in [5, 5.41) is 4.06. The van der Waals surface area contributed by atoms with E-state index in [4.69, 9.17) is 9.15 Å². The first-order valence-electron chi connectivity index (χ1n) is 10.0. The summed E-state index contributed by atoms with van der Waals surface area (Å²) in [5.74, 6) is -1.29. The maximum Gasteiger partial charge on any atom is 0.406 e. The molecular formula is C22H18BrF3N4O3. The van der Waals surface area contributed by atoms with Crippen LogP contribution < -0.4 is 15.5 Å². The van der Waals surface area contributed by atoms with Crippen LogP contribution in [0.4, 0.5) is 13.2 Å². The van der Waals surface area contributed by atoms with E-state index in [0.29, 0.717) is 32.6 Å². The first-order chi connectivity index (χ1) is 15.7. The maximum absolute atomic E-state index is 14.0. The van der Waals surface area contributed by atoms with Crippen molar-refractivity contribution in [3.63, 3.8) is 0 Å². The number of fused-ring (bicyclic) bond motifs is 2. The molecule has 172 valence electrons. The Morgan fingerprint density at radius 2 is 1.91 bits per heavy atom. The van der Waals surface area contributed by atoms with E-state index < -0.39 is 30.2 Å². The van der Waals surface area contributed by atoms with Gasteiger partial charge >= 0.3 is 6.18 Å². The van der Waals surface area contributed by atoms with Crippen LogP contribution in [0.15, 0.2) is 57.1 Å². The van der Waals surface area contributed by atoms with Crippen LogP contribution in [-0.2, 0) is 4.79 Å². The number of alkyl halides is 3. The van der Waals surface area contributed by atoms with Crippen LogP contribution >= 0.6 is 15.9 Å². The average molecular weight is 523 g/mol. The standard InChI is InChI=1S/C22H18BrF3N4O3/c1-10-14(20-28-16-13(32-2)9-8-12(23)17(16)33-20)21(31)30-19(27-10)15(11-6-4-3-5-7-11)18(29-30)22(24,25)26/h3-9,15,18-19,27,29H,1-2H3. The number of aromatic nitrogens is 1. The maximum atomic E-state index is 14.0. The number of amides is 1. The summed E-state index contributed by atoms with van der Waals surface area (Å²) in [4.78, 5) is 17.8. The van der Waals surface area contributed by atoms with Crippen molar-refractivity contribution in [2.45, 2.75) is 31.2 Å². The van der Waals surface area contributed by atoms with Crippen LogP contribution in [0.2, 0.25) is 0 Å². The molecule has 1 saturated heterocycles. The molecule has 0 radical (unpaired) electrons. The molecule has 1 aromatic heterocycles. The van der Waals surface area contributed by atoms with Gasteiger partial charge in [0, 0.05) is 5.70 Å². The monoisotopic (exact) mass is 522 g/mol. The lowest BCUT2D eigenvalue weighted by atomic mass is 9.89.